The van der Waals surface area contributed by atoms with E-state index < -0.39 is 84.8 Å². The largest absolute Gasteiger partial charge is 0.490 e. The molecule has 0 aromatic carbocycles. The number of fused-ring (bicyclic) bond motifs is 5. The highest BCUT2D eigenvalue weighted by molar-refractivity contribution is 5.32. The Balaban J connectivity index is 0.832. The number of aliphatic hydroxyl groups excluding tert-OH is 4. The van der Waals surface area contributed by atoms with Gasteiger partial charge in [0.1, 0.15) is 30.7 Å². The molecule has 8 aliphatic rings. The molecule has 4 aliphatic heterocycles. The number of ether oxygens (including phenoxy) is 8. The van der Waals surface area contributed by atoms with Crippen molar-refractivity contribution in [2.75, 3.05) is 13.7 Å². The van der Waals surface area contributed by atoms with E-state index in [1.54, 1.807) is 6.92 Å². The molecule has 8 rings (SSSR count). The van der Waals surface area contributed by atoms with Crippen LogP contribution in [0.2, 0.25) is 0 Å². The minimum absolute atomic E-state index is 0.00990. The second-order valence-corrected chi connectivity index (χ2v) is 19.2. The monoisotopic (exact) mass is 792 g/mol. The van der Waals surface area contributed by atoms with E-state index in [-0.39, 0.29) is 54.6 Å². The Hall–Kier alpha value is -1.20. The number of hydrogen-bond donors (Lipinski definition) is 5. The van der Waals surface area contributed by atoms with Gasteiger partial charge in [-0.25, -0.2) is 0 Å². The molecule has 13 nitrogen and oxygen atoms in total. The van der Waals surface area contributed by atoms with E-state index in [4.69, 9.17) is 37.9 Å². The zero-order valence-corrected chi connectivity index (χ0v) is 34.2. The predicted octanol–water partition coefficient (Wildman–Crippen LogP) is 3.86. The van der Waals surface area contributed by atoms with Gasteiger partial charge in [0.2, 0.25) is 0 Å². The molecule has 21 atom stereocenters. The molecule has 5 N–H and O–H groups in total. The van der Waals surface area contributed by atoms with Crippen LogP contribution in [0.4, 0.5) is 0 Å². The third-order valence-electron chi connectivity index (χ3n) is 16.3. The summed E-state index contributed by atoms with van der Waals surface area (Å²) < 4.78 is 48.4. The average molecular weight is 793 g/mol. The third-order valence-corrected chi connectivity index (χ3v) is 16.3. The number of hydrogen-bond acceptors (Lipinski definition) is 13. The minimum atomic E-state index is -0.927. The van der Waals surface area contributed by atoms with Gasteiger partial charge in [0, 0.05) is 31.8 Å². The molecule has 0 amide bonds. The van der Waals surface area contributed by atoms with Gasteiger partial charge < -0.3 is 63.4 Å². The number of allylic oxidation sites excluding steroid dienone is 1. The SMILES string of the molecule is C=C1C=C([C@@H]2CCC3(O)C4CCC5CC(O[C@@H]6CC(O)C(OC7C[C@H](O)C(OC8C[C@H](O)[C@H](OC)[C@@H](C)O8)[C@@H](C)O7)[C@@H](C)O6)CC[C@]5(C)C4CC(O)[C@]23C)CO1. The Morgan fingerprint density at radius 2 is 1.27 bits per heavy atom. The number of aliphatic hydroxyl groups is 5. The fraction of sp³-hybridized carbons (Fsp3) is 0.907. The van der Waals surface area contributed by atoms with Crippen LogP contribution >= 0.6 is 0 Å². The van der Waals surface area contributed by atoms with Gasteiger partial charge in [0.25, 0.3) is 0 Å². The molecular formula is C43H68O13. The molecule has 4 heterocycles. The van der Waals surface area contributed by atoms with E-state index in [1.807, 2.05) is 19.9 Å². The first-order valence-corrected chi connectivity index (χ1v) is 21.5. The molecule has 0 radical (unpaired) electrons. The van der Waals surface area contributed by atoms with Gasteiger partial charge in [-0.15, -0.1) is 0 Å². The first-order chi connectivity index (χ1) is 26.5. The van der Waals surface area contributed by atoms with Crippen LogP contribution in [0.3, 0.4) is 0 Å². The highest BCUT2D eigenvalue weighted by atomic mass is 16.7. The molecule has 0 bridgehead atoms. The Morgan fingerprint density at radius 1 is 0.696 bits per heavy atom. The van der Waals surface area contributed by atoms with Crippen molar-refractivity contribution in [2.24, 2.45) is 34.5 Å². The van der Waals surface area contributed by atoms with Crippen LogP contribution in [0.25, 0.3) is 0 Å². The van der Waals surface area contributed by atoms with Crippen molar-refractivity contribution >= 4 is 0 Å². The summed E-state index contributed by atoms with van der Waals surface area (Å²) in [4.78, 5) is 0. The maximum absolute atomic E-state index is 12.6. The van der Waals surface area contributed by atoms with Gasteiger partial charge >= 0.3 is 0 Å². The summed E-state index contributed by atoms with van der Waals surface area (Å²) in [5.74, 6) is 1.53. The number of rotatable bonds is 8. The highest BCUT2D eigenvalue weighted by Crippen LogP contribution is 2.70. The van der Waals surface area contributed by atoms with Crippen LogP contribution in [0.1, 0.15) is 105 Å². The number of methoxy groups -OCH3 is 1. The van der Waals surface area contributed by atoms with Gasteiger partial charge in [-0.1, -0.05) is 20.4 Å². The third kappa shape index (κ3) is 7.05. The second-order valence-electron chi connectivity index (χ2n) is 19.2. The zero-order valence-electron chi connectivity index (χ0n) is 34.2. The van der Waals surface area contributed by atoms with Crippen LogP contribution in [-0.2, 0) is 37.9 Å². The quantitative estimate of drug-likeness (QED) is 0.225. The zero-order chi connectivity index (χ0) is 39.9. The lowest BCUT2D eigenvalue weighted by Crippen LogP contribution is -2.67. The molecule has 318 valence electrons. The van der Waals surface area contributed by atoms with Gasteiger partial charge in [0.15, 0.2) is 18.9 Å². The molecule has 11 unspecified atom stereocenters. The van der Waals surface area contributed by atoms with E-state index in [1.165, 1.54) is 7.11 Å². The standard InChI is InChI=1S/C43H68O13/c1-21-14-25(20-50-21)28-11-13-43(48)29-9-8-26-15-27(10-12-41(26,5)30(29)16-34(47)42(28,43)6)54-35-18-32(45)39(23(3)52-35)56-37-19-33(46)40(24(4)53-37)55-36-17-31(44)38(49-7)22(2)51-36/h14,22-24,26-40,44-48H,1,8-13,15-20H2,2-7H3/t22-,23-,24-,26?,27?,28+,29?,30?,31+,32?,33+,34?,35-,36?,37?,38-,39?,40?,41+,42+,43?/m1/s1. The van der Waals surface area contributed by atoms with E-state index in [9.17, 15) is 25.5 Å². The molecule has 3 saturated heterocycles. The first-order valence-electron chi connectivity index (χ1n) is 21.5. The Morgan fingerprint density at radius 3 is 1.80 bits per heavy atom. The fourth-order valence-electron chi connectivity index (χ4n) is 13.2. The lowest BCUT2D eigenvalue weighted by molar-refractivity contribution is -0.336. The topological polar surface area (TPSA) is 175 Å². The van der Waals surface area contributed by atoms with E-state index in [2.05, 4.69) is 20.4 Å². The van der Waals surface area contributed by atoms with Crippen LogP contribution in [0.5, 0.6) is 0 Å². The van der Waals surface area contributed by atoms with Crippen LogP contribution in [-0.4, -0.2) is 131 Å². The summed E-state index contributed by atoms with van der Waals surface area (Å²) >= 11 is 0. The molecule has 13 heteroatoms. The molecule has 0 aromatic rings. The van der Waals surface area contributed by atoms with Gasteiger partial charge in [-0.05, 0) is 113 Å². The van der Waals surface area contributed by atoms with Crippen LogP contribution < -0.4 is 0 Å². The maximum atomic E-state index is 12.6. The molecular weight excluding hydrogens is 724 g/mol. The average Bonchev–Trinajstić information content (AvgIpc) is 3.68. The lowest BCUT2D eigenvalue weighted by atomic mass is 9.42. The summed E-state index contributed by atoms with van der Waals surface area (Å²) in [7, 11) is 1.54. The van der Waals surface area contributed by atoms with Gasteiger partial charge in [-0.3, -0.25) is 0 Å². The van der Waals surface area contributed by atoms with Crippen molar-refractivity contribution in [1.82, 2.24) is 0 Å². The molecule has 4 saturated carbocycles. The normalized spacial score (nSPS) is 54.8. The molecule has 4 aliphatic carbocycles. The lowest BCUT2D eigenvalue weighted by Gasteiger charge is -2.65. The second kappa shape index (κ2) is 15.7. The van der Waals surface area contributed by atoms with Crippen molar-refractivity contribution in [3.05, 3.63) is 24.0 Å². The van der Waals surface area contributed by atoms with E-state index in [0.29, 0.717) is 31.1 Å². The molecule has 0 aromatic heterocycles. The maximum Gasteiger partial charge on any atom is 0.161 e. The first kappa shape index (κ1) is 41.5. The van der Waals surface area contributed by atoms with Crippen molar-refractivity contribution in [3.63, 3.8) is 0 Å². The smallest absolute Gasteiger partial charge is 0.161 e. The Bertz CT molecular complexity index is 1420. The van der Waals surface area contributed by atoms with Crippen LogP contribution in [0, 0.1) is 34.5 Å². The van der Waals surface area contributed by atoms with Crippen molar-refractivity contribution in [2.45, 2.75) is 197 Å². The summed E-state index contributed by atoms with van der Waals surface area (Å²) in [6.45, 7) is 14.5. The van der Waals surface area contributed by atoms with Gasteiger partial charge in [-0.2, -0.15) is 0 Å². The minimum Gasteiger partial charge on any atom is -0.490 e. The summed E-state index contributed by atoms with van der Waals surface area (Å²) in [5, 5.41) is 57.5. The highest BCUT2D eigenvalue weighted by Gasteiger charge is 2.71. The van der Waals surface area contributed by atoms with Crippen molar-refractivity contribution in [3.8, 4) is 0 Å². The molecule has 0 spiro atoms. The predicted molar refractivity (Wildman–Crippen MR) is 202 cm³/mol. The van der Waals surface area contributed by atoms with Gasteiger partial charge in [0.05, 0.1) is 54.4 Å². The molecule has 7 fully saturated rings. The van der Waals surface area contributed by atoms with Crippen molar-refractivity contribution in [1.29, 1.82) is 0 Å². The van der Waals surface area contributed by atoms with Crippen molar-refractivity contribution < 1.29 is 63.4 Å². The summed E-state index contributed by atoms with van der Waals surface area (Å²) in [5.41, 5.74) is -0.395. The molecule has 56 heavy (non-hydrogen) atoms. The van der Waals surface area contributed by atoms with E-state index in [0.717, 1.165) is 44.1 Å². The summed E-state index contributed by atoms with van der Waals surface area (Å²) in [6.07, 6.45) is 1.11. The Labute approximate surface area is 332 Å². The fourth-order valence-corrected chi connectivity index (χ4v) is 13.2. The van der Waals surface area contributed by atoms with Crippen LogP contribution in [0.15, 0.2) is 24.0 Å². The van der Waals surface area contributed by atoms with E-state index >= 15 is 0 Å². The Kier molecular flexibility index (Phi) is 11.6. The summed E-state index contributed by atoms with van der Waals surface area (Å²) in [6, 6.07) is 0.